The van der Waals surface area contributed by atoms with Crippen molar-refractivity contribution < 1.29 is 4.39 Å². The Morgan fingerprint density at radius 1 is 1.28 bits per heavy atom. The van der Waals surface area contributed by atoms with Crippen molar-refractivity contribution >= 4 is 5.69 Å². The van der Waals surface area contributed by atoms with Gasteiger partial charge in [-0.3, -0.25) is 4.68 Å². The summed E-state index contributed by atoms with van der Waals surface area (Å²) in [7, 11) is 1.93. The Labute approximate surface area is 107 Å². The van der Waals surface area contributed by atoms with Crippen LogP contribution in [-0.4, -0.2) is 9.78 Å². The second kappa shape index (κ2) is 4.80. The molecular weight excluding hydrogens is 229 g/mol. The lowest BCUT2D eigenvalue weighted by molar-refractivity contribution is 0.628. The number of nitrogens with zero attached hydrogens (tertiary/aromatic N) is 2. The van der Waals surface area contributed by atoms with Crippen molar-refractivity contribution in [2.75, 3.05) is 5.32 Å². The predicted octanol–water partition coefficient (Wildman–Crippen LogP) is 3.10. The molecule has 0 aliphatic rings. The molecule has 0 atom stereocenters. The van der Waals surface area contributed by atoms with Gasteiger partial charge in [0.25, 0.3) is 0 Å². The van der Waals surface area contributed by atoms with Gasteiger partial charge in [-0.25, -0.2) is 4.39 Å². The zero-order chi connectivity index (χ0) is 13.3. The zero-order valence-corrected chi connectivity index (χ0v) is 11.2. The molecule has 0 saturated carbocycles. The third-order valence-corrected chi connectivity index (χ3v) is 3.31. The summed E-state index contributed by atoms with van der Waals surface area (Å²) in [5.74, 6) is -0.220. The second-order valence-electron chi connectivity index (χ2n) is 4.59. The maximum atomic E-state index is 13.2. The molecule has 0 radical (unpaired) electrons. The summed E-state index contributed by atoms with van der Waals surface area (Å²) < 4.78 is 15.0. The maximum Gasteiger partial charge on any atom is 0.125 e. The molecule has 0 aliphatic carbocycles. The summed E-state index contributed by atoms with van der Waals surface area (Å²) in [6.45, 7) is 6.65. The topological polar surface area (TPSA) is 29.9 Å². The van der Waals surface area contributed by atoms with Crippen molar-refractivity contribution in [1.29, 1.82) is 0 Å². The summed E-state index contributed by atoms with van der Waals surface area (Å²) >= 11 is 0. The van der Waals surface area contributed by atoms with Gasteiger partial charge >= 0.3 is 0 Å². The average Bonchev–Trinajstić information content (AvgIpc) is 2.55. The van der Waals surface area contributed by atoms with Gasteiger partial charge in [0.2, 0.25) is 0 Å². The number of hydrogen-bond donors (Lipinski definition) is 1. The molecule has 0 bridgehead atoms. The molecule has 0 spiro atoms. The Morgan fingerprint density at radius 3 is 2.61 bits per heavy atom. The second-order valence-corrected chi connectivity index (χ2v) is 4.59. The van der Waals surface area contributed by atoms with Crippen LogP contribution in [0.4, 0.5) is 10.1 Å². The molecule has 96 valence electrons. The molecule has 2 rings (SSSR count). The van der Waals surface area contributed by atoms with E-state index in [1.807, 2.05) is 32.5 Å². The van der Waals surface area contributed by atoms with Crippen LogP contribution in [0.2, 0.25) is 0 Å². The Morgan fingerprint density at radius 2 is 2.00 bits per heavy atom. The van der Waals surface area contributed by atoms with Crippen LogP contribution in [0, 0.1) is 26.6 Å². The first-order valence-corrected chi connectivity index (χ1v) is 5.98. The number of nitrogens with one attached hydrogen (secondary N) is 1. The van der Waals surface area contributed by atoms with E-state index in [-0.39, 0.29) is 5.82 Å². The fraction of sp³-hybridized carbons (Fsp3) is 0.357. The molecule has 1 heterocycles. The molecule has 1 aromatic carbocycles. The summed E-state index contributed by atoms with van der Waals surface area (Å²) in [5.41, 5.74) is 5.18. The molecule has 18 heavy (non-hydrogen) atoms. The third-order valence-electron chi connectivity index (χ3n) is 3.31. The smallest absolute Gasteiger partial charge is 0.125 e. The lowest BCUT2D eigenvalue weighted by Gasteiger charge is -2.10. The number of halogens is 1. The van der Waals surface area contributed by atoms with E-state index in [0.717, 1.165) is 22.6 Å². The van der Waals surface area contributed by atoms with E-state index in [1.54, 1.807) is 6.07 Å². The van der Waals surface area contributed by atoms with Gasteiger partial charge in [-0.1, -0.05) is 6.07 Å². The minimum Gasteiger partial charge on any atom is -0.381 e. The molecule has 0 unspecified atom stereocenters. The highest BCUT2D eigenvalue weighted by atomic mass is 19.1. The van der Waals surface area contributed by atoms with Gasteiger partial charge in [0, 0.05) is 30.5 Å². The number of hydrogen-bond acceptors (Lipinski definition) is 2. The molecular formula is C14H18FN3. The van der Waals surface area contributed by atoms with Crippen molar-refractivity contribution in [3.05, 3.63) is 46.5 Å². The van der Waals surface area contributed by atoms with Crippen molar-refractivity contribution in [1.82, 2.24) is 9.78 Å². The molecule has 3 nitrogen and oxygen atoms in total. The van der Waals surface area contributed by atoms with Crippen molar-refractivity contribution in [3.63, 3.8) is 0 Å². The normalized spacial score (nSPS) is 10.7. The van der Waals surface area contributed by atoms with Crippen LogP contribution >= 0.6 is 0 Å². The number of aryl methyl sites for hydroxylation is 3. The molecule has 0 amide bonds. The predicted molar refractivity (Wildman–Crippen MR) is 71.1 cm³/mol. The number of anilines is 1. The van der Waals surface area contributed by atoms with Crippen molar-refractivity contribution in [3.8, 4) is 0 Å². The van der Waals surface area contributed by atoms with Gasteiger partial charge < -0.3 is 5.32 Å². The Balaban J connectivity index is 2.19. The molecule has 4 heteroatoms. The standard InChI is InChI=1S/C14H18FN3/c1-9-5-6-12(15)7-14(9)16-8-13-10(2)17-18(4)11(13)3/h5-7,16H,8H2,1-4H3. The van der Waals surface area contributed by atoms with Crippen LogP contribution in [0.25, 0.3) is 0 Å². The average molecular weight is 247 g/mol. The van der Waals surface area contributed by atoms with Crippen LogP contribution in [0.1, 0.15) is 22.5 Å². The molecule has 2 aromatic rings. The quantitative estimate of drug-likeness (QED) is 0.903. The van der Waals surface area contributed by atoms with Gasteiger partial charge in [0.1, 0.15) is 5.82 Å². The van der Waals surface area contributed by atoms with Gasteiger partial charge in [0.15, 0.2) is 0 Å². The lowest BCUT2D eigenvalue weighted by atomic mass is 10.1. The molecule has 0 aliphatic heterocycles. The lowest BCUT2D eigenvalue weighted by Crippen LogP contribution is -2.04. The highest BCUT2D eigenvalue weighted by Gasteiger charge is 2.09. The van der Waals surface area contributed by atoms with Gasteiger partial charge in [-0.2, -0.15) is 5.10 Å². The van der Waals surface area contributed by atoms with Crippen LogP contribution in [0.15, 0.2) is 18.2 Å². The first kappa shape index (κ1) is 12.6. The minimum absolute atomic E-state index is 0.220. The Bertz CT molecular complexity index is 573. The Hall–Kier alpha value is -1.84. The van der Waals surface area contributed by atoms with Crippen LogP contribution in [0.3, 0.4) is 0 Å². The van der Waals surface area contributed by atoms with E-state index in [9.17, 15) is 4.39 Å². The van der Waals surface area contributed by atoms with Gasteiger partial charge in [-0.15, -0.1) is 0 Å². The summed E-state index contributed by atoms with van der Waals surface area (Å²) in [5, 5.41) is 7.64. The summed E-state index contributed by atoms with van der Waals surface area (Å²) in [6.07, 6.45) is 0. The van der Waals surface area contributed by atoms with E-state index >= 15 is 0 Å². The van der Waals surface area contributed by atoms with Gasteiger partial charge in [-0.05, 0) is 38.5 Å². The fourth-order valence-corrected chi connectivity index (χ4v) is 2.04. The zero-order valence-electron chi connectivity index (χ0n) is 11.2. The van der Waals surface area contributed by atoms with E-state index in [0.29, 0.717) is 6.54 Å². The first-order chi connectivity index (χ1) is 8.49. The highest BCUT2D eigenvalue weighted by molar-refractivity contribution is 5.51. The number of aromatic nitrogens is 2. The summed E-state index contributed by atoms with van der Waals surface area (Å²) in [6, 6.07) is 4.78. The van der Waals surface area contributed by atoms with Gasteiger partial charge in [0.05, 0.1) is 5.69 Å². The maximum absolute atomic E-state index is 13.2. The van der Waals surface area contributed by atoms with E-state index in [4.69, 9.17) is 0 Å². The monoisotopic (exact) mass is 247 g/mol. The van der Waals surface area contributed by atoms with Crippen LogP contribution < -0.4 is 5.32 Å². The van der Waals surface area contributed by atoms with Crippen molar-refractivity contribution in [2.45, 2.75) is 27.3 Å². The van der Waals surface area contributed by atoms with E-state index < -0.39 is 0 Å². The molecule has 1 N–H and O–H groups in total. The summed E-state index contributed by atoms with van der Waals surface area (Å²) in [4.78, 5) is 0. The minimum atomic E-state index is -0.220. The van der Waals surface area contributed by atoms with Crippen LogP contribution in [-0.2, 0) is 13.6 Å². The first-order valence-electron chi connectivity index (χ1n) is 5.98. The molecule has 0 saturated heterocycles. The SMILES string of the molecule is Cc1ccc(F)cc1NCc1c(C)nn(C)c1C. The van der Waals surface area contributed by atoms with Crippen molar-refractivity contribution in [2.24, 2.45) is 7.05 Å². The molecule has 1 aromatic heterocycles. The third kappa shape index (κ3) is 2.37. The number of benzene rings is 1. The van der Waals surface area contributed by atoms with E-state index in [1.165, 1.54) is 17.7 Å². The largest absolute Gasteiger partial charge is 0.381 e. The molecule has 0 fully saturated rings. The van der Waals surface area contributed by atoms with Crippen LogP contribution in [0.5, 0.6) is 0 Å². The highest BCUT2D eigenvalue weighted by Crippen LogP contribution is 2.19. The fourth-order valence-electron chi connectivity index (χ4n) is 2.04. The Kier molecular flexibility index (Phi) is 3.36. The van der Waals surface area contributed by atoms with E-state index in [2.05, 4.69) is 10.4 Å². The number of rotatable bonds is 3.